The summed E-state index contributed by atoms with van der Waals surface area (Å²) < 4.78 is 0. The number of thioether (sulfide) groups is 1. The van der Waals surface area contributed by atoms with E-state index in [0.29, 0.717) is 11.4 Å². The molecule has 0 aliphatic heterocycles. The van der Waals surface area contributed by atoms with E-state index < -0.39 is 0 Å². The molecular formula is C24H22N4O2S. The van der Waals surface area contributed by atoms with Crippen molar-refractivity contribution in [2.24, 2.45) is 0 Å². The van der Waals surface area contributed by atoms with Crippen LogP contribution < -0.4 is 10.6 Å². The maximum absolute atomic E-state index is 12.4. The van der Waals surface area contributed by atoms with Gasteiger partial charge in [-0.25, -0.2) is 0 Å². The Morgan fingerprint density at radius 1 is 0.710 bits per heavy atom. The van der Waals surface area contributed by atoms with Crippen LogP contribution in [-0.2, 0) is 9.59 Å². The number of nitrogens with one attached hydrogen (secondary N) is 2. The third kappa shape index (κ3) is 5.00. The SMILES string of the molecule is Cc1ccc2cccc(NC(=O)CSCC(=O)Nc3cccc4ccc(C)nc34)c2n1. The Morgan fingerprint density at radius 3 is 1.61 bits per heavy atom. The molecule has 2 heterocycles. The molecule has 7 heteroatoms. The first kappa shape index (κ1) is 20.8. The van der Waals surface area contributed by atoms with Crippen LogP contribution in [0.3, 0.4) is 0 Å². The van der Waals surface area contributed by atoms with Crippen LogP contribution in [-0.4, -0.2) is 33.3 Å². The van der Waals surface area contributed by atoms with Gasteiger partial charge in [-0.15, -0.1) is 11.8 Å². The van der Waals surface area contributed by atoms with Crippen molar-refractivity contribution in [2.75, 3.05) is 22.1 Å². The van der Waals surface area contributed by atoms with Crippen LogP contribution in [0.4, 0.5) is 11.4 Å². The number of fused-ring (bicyclic) bond motifs is 2. The van der Waals surface area contributed by atoms with Gasteiger partial charge < -0.3 is 10.6 Å². The summed E-state index contributed by atoms with van der Waals surface area (Å²) in [5.41, 5.74) is 4.65. The lowest BCUT2D eigenvalue weighted by Gasteiger charge is -2.10. The van der Waals surface area contributed by atoms with Crippen molar-refractivity contribution < 1.29 is 9.59 Å². The van der Waals surface area contributed by atoms with Crippen molar-refractivity contribution >= 4 is 56.8 Å². The normalized spacial score (nSPS) is 10.9. The first-order chi connectivity index (χ1) is 15.0. The van der Waals surface area contributed by atoms with Gasteiger partial charge in [0.2, 0.25) is 11.8 Å². The van der Waals surface area contributed by atoms with E-state index in [1.807, 2.05) is 74.5 Å². The monoisotopic (exact) mass is 430 g/mol. The van der Waals surface area contributed by atoms with E-state index in [9.17, 15) is 9.59 Å². The fraction of sp³-hybridized carbons (Fsp3) is 0.167. The van der Waals surface area contributed by atoms with E-state index in [2.05, 4.69) is 20.6 Å². The lowest BCUT2D eigenvalue weighted by Crippen LogP contribution is -2.19. The number of hydrogen-bond donors (Lipinski definition) is 2. The summed E-state index contributed by atoms with van der Waals surface area (Å²) in [5, 5.41) is 7.74. The number of hydrogen-bond acceptors (Lipinski definition) is 5. The summed E-state index contributed by atoms with van der Waals surface area (Å²) in [4.78, 5) is 33.8. The van der Waals surface area contributed by atoms with Crippen molar-refractivity contribution in [2.45, 2.75) is 13.8 Å². The lowest BCUT2D eigenvalue weighted by molar-refractivity contribution is -0.114. The second-order valence-electron chi connectivity index (χ2n) is 7.25. The van der Waals surface area contributed by atoms with Gasteiger partial charge in [0.25, 0.3) is 0 Å². The van der Waals surface area contributed by atoms with Crippen molar-refractivity contribution in [3.05, 3.63) is 72.1 Å². The Kier molecular flexibility index (Phi) is 6.13. The first-order valence-electron chi connectivity index (χ1n) is 9.90. The van der Waals surface area contributed by atoms with E-state index in [0.717, 1.165) is 33.2 Å². The molecule has 0 bridgehead atoms. The predicted molar refractivity (Wildman–Crippen MR) is 128 cm³/mol. The molecule has 0 radical (unpaired) electrons. The minimum Gasteiger partial charge on any atom is -0.323 e. The molecule has 0 saturated carbocycles. The number of nitrogens with zero attached hydrogens (tertiary/aromatic N) is 2. The number of rotatable bonds is 6. The molecule has 2 aromatic carbocycles. The molecule has 31 heavy (non-hydrogen) atoms. The quantitative estimate of drug-likeness (QED) is 0.463. The van der Waals surface area contributed by atoms with Crippen LogP contribution in [0.25, 0.3) is 21.8 Å². The Labute approximate surface area is 184 Å². The van der Waals surface area contributed by atoms with Crippen LogP contribution >= 0.6 is 11.8 Å². The summed E-state index contributed by atoms with van der Waals surface area (Å²) in [7, 11) is 0. The molecule has 4 rings (SSSR count). The van der Waals surface area contributed by atoms with Gasteiger partial charge in [-0.3, -0.25) is 19.6 Å². The van der Waals surface area contributed by atoms with Crippen molar-refractivity contribution in [1.29, 1.82) is 0 Å². The van der Waals surface area contributed by atoms with Gasteiger partial charge in [-0.05, 0) is 38.1 Å². The molecule has 4 aromatic rings. The minimum absolute atomic E-state index is 0.169. The zero-order valence-corrected chi connectivity index (χ0v) is 18.1. The lowest BCUT2D eigenvalue weighted by atomic mass is 10.2. The number of amides is 2. The number of anilines is 2. The van der Waals surface area contributed by atoms with Gasteiger partial charge in [0, 0.05) is 22.2 Å². The number of aromatic nitrogens is 2. The van der Waals surface area contributed by atoms with Gasteiger partial charge in [-0.2, -0.15) is 0 Å². The Morgan fingerprint density at radius 2 is 1.16 bits per heavy atom. The molecule has 0 unspecified atom stereocenters. The van der Waals surface area contributed by atoms with Gasteiger partial charge >= 0.3 is 0 Å². The van der Waals surface area contributed by atoms with Crippen molar-refractivity contribution in [3.63, 3.8) is 0 Å². The molecule has 0 atom stereocenters. The zero-order valence-electron chi connectivity index (χ0n) is 17.3. The summed E-state index contributed by atoms with van der Waals surface area (Å²) in [6.07, 6.45) is 0. The van der Waals surface area contributed by atoms with E-state index >= 15 is 0 Å². The van der Waals surface area contributed by atoms with Gasteiger partial charge in [0.15, 0.2) is 0 Å². The average Bonchev–Trinajstić information content (AvgIpc) is 2.74. The first-order valence-corrected chi connectivity index (χ1v) is 11.1. The van der Waals surface area contributed by atoms with Crippen molar-refractivity contribution in [1.82, 2.24) is 9.97 Å². The second kappa shape index (κ2) is 9.14. The van der Waals surface area contributed by atoms with Crippen molar-refractivity contribution in [3.8, 4) is 0 Å². The number of aryl methyl sites for hydroxylation is 2. The smallest absolute Gasteiger partial charge is 0.234 e. The van der Waals surface area contributed by atoms with Crippen LogP contribution in [0.15, 0.2) is 60.7 Å². The zero-order chi connectivity index (χ0) is 21.8. The number of carbonyl (C=O) groups excluding carboxylic acids is 2. The maximum atomic E-state index is 12.4. The standard InChI is InChI=1S/C24H22N4O2S/c1-15-9-11-17-5-3-7-19(23(17)25-15)27-21(29)13-31-14-22(30)28-20-8-4-6-18-12-10-16(2)26-24(18)20/h3-12H,13-14H2,1-2H3,(H,27,29)(H,28,30). The summed E-state index contributed by atoms with van der Waals surface area (Å²) in [5.74, 6) is -0.00230. The van der Waals surface area contributed by atoms with Crippen LogP contribution in [0, 0.1) is 13.8 Å². The molecule has 0 aliphatic rings. The van der Waals surface area contributed by atoms with Gasteiger partial charge in [-0.1, -0.05) is 36.4 Å². The highest BCUT2D eigenvalue weighted by Gasteiger charge is 2.11. The molecule has 2 N–H and O–H groups in total. The largest absolute Gasteiger partial charge is 0.323 e. The number of carbonyl (C=O) groups is 2. The Bertz CT molecular complexity index is 1190. The average molecular weight is 431 g/mol. The van der Waals surface area contributed by atoms with E-state index in [1.165, 1.54) is 11.8 Å². The summed E-state index contributed by atoms with van der Waals surface area (Å²) >= 11 is 1.26. The molecule has 6 nitrogen and oxygen atoms in total. The van der Waals surface area contributed by atoms with Crippen LogP contribution in [0.5, 0.6) is 0 Å². The second-order valence-corrected chi connectivity index (χ2v) is 8.23. The molecule has 156 valence electrons. The van der Waals surface area contributed by atoms with Gasteiger partial charge in [0.05, 0.1) is 33.9 Å². The van der Waals surface area contributed by atoms with Crippen LogP contribution in [0.2, 0.25) is 0 Å². The Balaban J connectivity index is 1.34. The molecular weight excluding hydrogens is 408 g/mol. The number of pyridine rings is 2. The number of benzene rings is 2. The van der Waals surface area contributed by atoms with Gasteiger partial charge in [0.1, 0.15) is 0 Å². The summed E-state index contributed by atoms with van der Waals surface area (Å²) in [6, 6.07) is 19.2. The molecule has 0 saturated heterocycles. The summed E-state index contributed by atoms with van der Waals surface area (Å²) in [6.45, 7) is 3.83. The fourth-order valence-electron chi connectivity index (χ4n) is 3.30. The predicted octanol–water partition coefficient (Wildman–Crippen LogP) is 4.71. The highest BCUT2D eigenvalue weighted by atomic mass is 32.2. The maximum Gasteiger partial charge on any atom is 0.234 e. The number of para-hydroxylation sites is 2. The highest BCUT2D eigenvalue weighted by Crippen LogP contribution is 2.23. The van der Waals surface area contributed by atoms with Crippen LogP contribution in [0.1, 0.15) is 11.4 Å². The molecule has 2 aromatic heterocycles. The minimum atomic E-state index is -0.170. The molecule has 0 aliphatic carbocycles. The third-order valence-electron chi connectivity index (χ3n) is 4.73. The van der Waals surface area contributed by atoms with E-state index in [-0.39, 0.29) is 23.3 Å². The van der Waals surface area contributed by atoms with E-state index in [4.69, 9.17) is 0 Å². The molecule has 0 fully saturated rings. The highest BCUT2D eigenvalue weighted by molar-refractivity contribution is 8.00. The molecule has 2 amide bonds. The Hall–Kier alpha value is -3.45. The topological polar surface area (TPSA) is 84.0 Å². The fourth-order valence-corrected chi connectivity index (χ4v) is 3.92. The van der Waals surface area contributed by atoms with E-state index in [1.54, 1.807) is 0 Å². The third-order valence-corrected chi connectivity index (χ3v) is 5.67. The molecule has 0 spiro atoms.